The van der Waals surface area contributed by atoms with Gasteiger partial charge >= 0.3 is 0 Å². The van der Waals surface area contributed by atoms with E-state index >= 15 is 0 Å². The number of hydrogen-bond donors (Lipinski definition) is 1. The van der Waals surface area contributed by atoms with Crippen LogP contribution in [0.25, 0.3) is 10.7 Å². The lowest BCUT2D eigenvalue weighted by Crippen LogP contribution is -1.87. The molecule has 62 valence electrons. The SMILES string of the molecule is Cn1ccc(-c2n[nH]c(=S)s2)n1. The number of aromatic amines is 1. The third-order valence-electron chi connectivity index (χ3n) is 1.37. The summed E-state index contributed by atoms with van der Waals surface area (Å²) in [6.45, 7) is 0. The topological polar surface area (TPSA) is 46.5 Å². The van der Waals surface area contributed by atoms with Crippen LogP contribution in [0, 0.1) is 3.95 Å². The van der Waals surface area contributed by atoms with Crippen molar-refractivity contribution in [1.29, 1.82) is 0 Å². The van der Waals surface area contributed by atoms with E-state index in [0.29, 0.717) is 3.95 Å². The summed E-state index contributed by atoms with van der Waals surface area (Å²) in [4.78, 5) is 0. The fourth-order valence-corrected chi connectivity index (χ4v) is 1.72. The molecule has 0 aliphatic carbocycles. The van der Waals surface area contributed by atoms with E-state index in [4.69, 9.17) is 12.2 Å². The van der Waals surface area contributed by atoms with Crippen molar-refractivity contribution in [2.24, 2.45) is 7.05 Å². The molecule has 1 N–H and O–H groups in total. The zero-order valence-corrected chi connectivity index (χ0v) is 7.95. The summed E-state index contributed by atoms with van der Waals surface area (Å²) in [7, 11) is 1.87. The zero-order valence-electron chi connectivity index (χ0n) is 6.31. The van der Waals surface area contributed by atoms with Gasteiger partial charge in [0.15, 0.2) is 8.96 Å². The highest BCUT2D eigenvalue weighted by atomic mass is 32.1. The Balaban J connectivity index is 2.50. The number of hydrogen-bond acceptors (Lipinski definition) is 4. The lowest BCUT2D eigenvalue weighted by Gasteiger charge is -1.84. The Morgan fingerprint density at radius 3 is 3.00 bits per heavy atom. The average molecular weight is 198 g/mol. The van der Waals surface area contributed by atoms with Gasteiger partial charge < -0.3 is 0 Å². The van der Waals surface area contributed by atoms with Crippen LogP contribution in [0.3, 0.4) is 0 Å². The molecule has 0 bridgehead atoms. The summed E-state index contributed by atoms with van der Waals surface area (Å²) >= 11 is 6.33. The van der Waals surface area contributed by atoms with Gasteiger partial charge in [-0.3, -0.25) is 9.78 Å². The summed E-state index contributed by atoms with van der Waals surface area (Å²) in [5, 5.41) is 11.7. The van der Waals surface area contributed by atoms with Crippen molar-refractivity contribution in [2.75, 3.05) is 0 Å². The van der Waals surface area contributed by atoms with Gasteiger partial charge in [-0.15, -0.1) is 0 Å². The molecule has 0 spiro atoms. The third-order valence-corrected chi connectivity index (χ3v) is 2.48. The van der Waals surface area contributed by atoms with Crippen LogP contribution in [0.5, 0.6) is 0 Å². The Morgan fingerprint density at radius 1 is 1.67 bits per heavy atom. The predicted molar refractivity (Wildman–Crippen MR) is 49.5 cm³/mol. The Bertz CT molecular complexity index is 438. The second kappa shape index (κ2) is 2.80. The van der Waals surface area contributed by atoms with Crippen molar-refractivity contribution in [1.82, 2.24) is 20.0 Å². The highest BCUT2D eigenvalue weighted by Gasteiger charge is 2.03. The molecule has 0 saturated carbocycles. The van der Waals surface area contributed by atoms with Gasteiger partial charge in [-0.2, -0.15) is 10.2 Å². The quantitative estimate of drug-likeness (QED) is 0.708. The van der Waals surface area contributed by atoms with E-state index in [1.54, 1.807) is 4.68 Å². The first-order valence-corrected chi connectivity index (χ1v) is 4.54. The van der Waals surface area contributed by atoms with Crippen molar-refractivity contribution < 1.29 is 0 Å². The van der Waals surface area contributed by atoms with Crippen molar-refractivity contribution in [3.05, 3.63) is 16.2 Å². The Kier molecular flexibility index (Phi) is 1.78. The number of nitrogens with zero attached hydrogens (tertiary/aromatic N) is 3. The molecular weight excluding hydrogens is 192 g/mol. The average Bonchev–Trinajstić information content (AvgIpc) is 2.58. The van der Waals surface area contributed by atoms with Crippen molar-refractivity contribution in [2.45, 2.75) is 0 Å². The first kappa shape index (κ1) is 7.63. The van der Waals surface area contributed by atoms with E-state index in [1.165, 1.54) is 11.3 Å². The predicted octanol–water partition coefficient (Wildman–Crippen LogP) is 1.60. The molecule has 12 heavy (non-hydrogen) atoms. The molecule has 4 nitrogen and oxygen atoms in total. The minimum absolute atomic E-state index is 0.677. The molecule has 0 unspecified atom stereocenters. The lowest BCUT2D eigenvalue weighted by atomic mass is 10.5. The van der Waals surface area contributed by atoms with E-state index < -0.39 is 0 Å². The number of rotatable bonds is 1. The first-order chi connectivity index (χ1) is 5.75. The highest BCUT2D eigenvalue weighted by Crippen LogP contribution is 2.18. The zero-order chi connectivity index (χ0) is 8.55. The fourth-order valence-electron chi connectivity index (χ4n) is 0.869. The normalized spacial score (nSPS) is 10.4. The Morgan fingerprint density at radius 2 is 2.50 bits per heavy atom. The van der Waals surface area contributed by atoms with Crippen LogP contribution >= 0.6 is 23.6 Å². The first-order valence-electron chi connectivity index (χ1n) is 3.31. The molecule has 2 rings (SSSR count). The number of nitrogens with one attached hydrogen (secondary N) is 1. The second-order valence-corrected chi connectivity index (χ2v) is 3.96. The van der Waals surface area contributed by atoms with Gasteiger partial charge in [0, 0.05) is 13.2 Å². The van der Waals surface area contributed by atoms with Gasteiger partial charge in [-0.25, -0.2) is 0 Å². The summed E-state index contributed by atoms with van der Waals surface area (Å²) < 4.78 is 2.41. The summed E-state index contributed by atoms with van der Waals surface area (Å²) in [5.41, 5.74) is 0.856. The molecule has 2 aromatic heterocycles. The lowest BCUT2D eigenvalue weighted by molar-refractivity contribution is 0.770. The molecule has 0 aromatic carbocycles. The summed E-state index contributed by atoms with van der Waals surface area (Å²) in [6.07, 6.45) is 1.87. The van der Waals surface area contributed by atoms with Crippen LogP contribution in [0.2, 0.25) is 0 Å². The molecule has 0 amide bonds. The highest BCUT2D eigenvalue weighted by molar-refractivity contribution is 7.73. The summed E-state index contributed by atoms with van der Waals surface area (Å²) in [6, 6.07) is 1.90. The molecular formula is C6H6N4S2. The van der Waals surface area contributed by atoms with Crippen LogP contribution in [-0.2, 0) is 7.05 Å². The molecule has 0 radical (unpaired) electrons. The van der Waals surface area contributed by atoms with E-state index in [2.05, 4.69) is 15.3 Å². The van der Waals surface area contributed by atoms with Crippen LogP contribution in [0.15, 0.2) is 12.3 Å². The molecule has 6 heteroatoms. The van der Waals surface area contributed by atoms with Crippen LogP contribution < -0.4 is 0 Å². The smallest absolute Gasteiger partial charge is 0.176 e. The maximum atomic E-state index is 4.91. The van der Waals surface area contributed by atoms with Crippen LogP contribution in [-0.4, -0.2) is 20.0 Å². The molecule has 0 fully saturated rings. The molecule has 2 aromatic rings. The van der Waals surface area contributed by atoms with Gasteiger partial charge in [0.05, 0.1) is 0 Å². The van der Waals surface area contributed by atoms with Crippen molar-refractivity contribution in [3.8, 4) is 10.7 Å². The number of aryl methyl sites for hydroxylation is 1. The fraction of sp³-hybridized carbons (Fsp3) is 0.167. The third kappa shape index (κ3) is 1.30. The number of H-pyrrole nitrogens is 1. The largest absolute Gasteiger partial charge is 0.275 e. The minimum Gasteiger partial charge on any atom is -0.275 e. The Labute approximate surface area is 77.9 Å². The second-order valence-electron chi connectivity index (χ2n) is 2.29. The van der Waals surface area contributed by atoms with E-state index in [1.807, 2.05) is 19.3 Å². The molecule has 2 heterocycles. The molecule has 0 saturated heterocycles. The molecule has 0 aliphatic heterocycles. The van der Waals surface area contributed by atoms with E-state index in [0.717, 1.165) is 10.7 Å². The molecule has 0 aliphatic rings. The standard InChI is InChI=1S/C6H6N4S2/c1-10-3-2-4(9-10)5-7-8-6(11)12-5/h2-3H,1H3,(H,8,11). The Hall–Kier alpha value is -1.01. The van der Waals surface area contributed by atoms with Crippen LogP contribution in [0.1, 0.15) is 0 Å². The number of aromatic nitrogens is 4. The monoisotopic (exact) mass is 198 g/mol. The van der Waals surface area contributed by atoms with Crippen LogP contribution in [0.4, 0.5) is 0 Å². The van der Waals surface area contributed by atoms with E-state index in [-0.39, 0.29) is 0 Å². The van der Waals surface area contributed by atoms with Gasteiger partial charge in [-0.05, 0) is 18.3 Å². The molecule has 0 atom stereocenters. The van der Waals surface area contributed by atoms with Crippen molar-refractivity contribution in [3.63, 3.8) is 0 Å². The van der Waals surface area contributed by atoms with Gasteiger partial charge in [-0.1, -0.05) is 11.3 Å². The van der Waals surface area contributed by atoms with Gasteiger partial charge in [0.25, 0.3) is 0 Å². The minimum atomic E-state index is 0.677. The van der Waals surface area contributed by atoms with Gasteiger partial charge in [0.1, 0.15) is 5.69 Å². The maximum absolute atomic E-state index is 4.91. The van der Waals surface area contributed by atoms with Crippen molar-refractivity contribution >= 4 is 23.6 Å². The summed E-state index contributed by atoms with van der Waals surface area (Å²) in [5.74, 6) is 0. The maximum Gasteiger partial charge on any atom is 0.176 e. The van der Waals surface area contributed by atoms with E-state index in [9.17, 15) is 0 Å². The van der Waals surface area contributed by atoms with Gasteiger partial charge in [0.2, 0.25) is 0 Å².